The molecule has 11 rings (SSSR count). The van der Waals surface area contributed by atoms with Crippen molar-refractivity contribution in [3.8, 4) is 22.3 Å². The van der Waals surface area contributed by atoms with Gasteiger partial charge in [-0.25, -0.2) is 0 Å². The van der Waals surface area contributed by atoms with Crippen molar-refractivity contribution in [1.29, 1.82) is 0 Å². The molecule has 0 amide bonds. The van der Waals surface area contributed by atoms with E-state index in [4.69, 9.17) is 4.99 Å². The minimum Gasteiger partial charge on any atom is -0.277 e. The van der Waals surface area contributed by atoms with E-state index in [0.29, 0.717) is 5.92 Å². The van der Waals surface area contributed by atoms with E-state index in [9.17, 15) is 0 Å². The first-order chi connectivity index (χ1) is 26.7. The molecule has 0 aromatic heterocycles. The Balaban J connectivity index is 1.06. The summed E-state index contributed by atoms with van der Waals surface area (Å²) in [6.45, 7) is 0. The van der Waals surface area contributed by atoms with Crippen LogP contribution < -0.4 is 0 Å². The molecular weight excluding hydrogens is 653 g/mol. The SMILES string of the molecule is CN1C(c2ccc3ccccc3c2)N=C(c2ccc3c(c2)C2(c4ccccc4-c4ccccc42)c2ccccc2-3)CC1C1C=CC(c2ccccc2)=CC1. The Morgan fingerprint density at radius 3 is 1.83 bits per heavy atom. The lowest BCUT2D eigenvalue weighted by molar-refractivity contribution is 0.137. The minimum atomic E-state index is -0.372. The molecule has 3 aliphatic carbocycles. The van der Waals surface area contributed by atoms with E-state index in [0.717, 1.165) is 12.8 Å². The summed E-state index contributed by atoms with van der Waals surface area (Å²) in [4.78, 5) is 8.24. The second kappa shape index (κ2) is 12.2. The van der Waals surface area contributed by atoms with Gasteiger partial charge in [0.2, 0.25) is 0 Å². The van der Waals surface area contributed by atoms with Gasteiger partial charge in [-0.2, -0.15) is 0 Å². The Morgan fingerprint density at radius 1 is 0.556 bits per heavy atom. The molecule has 7 aromatic rings. The van der Waals surface area contributed by atoms with Crippen LogP contribution in [0.1, 0.15) is 58.0 Å². The number of allylic oxidation sites excluding steroid dienone is 3. The van der Waals surface area contributed by atoms with Crippen molar-refractivity contribution in [2.24, 2.45) is 10.9 Å². The van der Waals surface area contributed by atoms with Gasteiger partial charge in [0, 0.05) is 18.2 Å². The molecule has 7 aromatic carbocycles. The van der Waals surface area contributed by atoms with Crippen LogP contribution in [0.15, 0.2) is 187 Å². The highest BCUT2D eigenvalue weighted by atomic mass is 15.3. The topological polar surface area (TPSA) is 15.6 Å². The molecule has 54 heavy (non-hydrogen) atoms. The second-order valence-electron chi connectivity index (χ2n) is 15.4. The first-order valence-corrected chi connectivity index (χ1v) is 19.3. The number of rotatable bonds is 4. The van der Waals surface area contributed by atoms with E-state index in [1.165, 1.54) is 83.3 Å². The number of benzene rings is 7. The number of aliphatic imine (C=N–C) groups is 1. The quantitative estimate of drug-likeness (QED) is 0.179. The van der Waals surface area contributed by atoms with Gasteiger partial charge < -0.3 is 0 Å². The molecule has 0 saturated carbocycles. The van der Waals surface area contributed by atoms with E-state index in [1.807, 2.05) is 0 Å². The van der Waals surface area contributed by atoms with Crippen molar-refractivity contribution in [3.05, 3.63) is 221 Å². The molecule has 2 heteroatoms. The Hall–Kier alpha value is -6.09. The second-order valence-corrected chi connectivity index (χ2v) is 15.4. The summed E-state index contributed by atoms with van der Waals surface area (Å²) in [7, 11) is 2.29. The van der Waals surface area contributed by atoms with Crippen molar-refractivity contribution in [2.75, 3.05) is 7.05 Å². The number of hydrogen-bond donors (Lipinski definition) is 0. The lowest BCUT2D eigenvalue weighted by atomic mass is 9.70. The van der Waals surface area contributed by atoms with Gasteiger partial charge in [0.15, 0.2) is 0 Å². The normalized spacial score (nSPS) is 20.6. The van der Waals surface area contributed by atoms with E-state index >= 15 is 0 Å². The molecule has 3 unspecified atom stereocenters. The van der Waals surface area contributed by atoms with E-state index in [2.05, 4.69) is 194 Å². The summed E-state index contributed by atoms with van der Waals surface area (Å²) >= 11 is 0. The first kappa shape index (κ1) is 31.4. The van der Waals surface area contributed by atoms with Crippen LogP contribution in [-0.4, -0.2) is 23.7 Å². The van der Waals surface area contributed by atoms with Gasteiger partial charge in [-0.1, -0.05) is 170 Å². The summed E-state index contributed by atoms with van der Waals surface area (Å²) < 4.78 is 0. The Bertz CT molecular complexity index is 2650. The lowest BCUT2D eigenvalue weighted by Crippen LogP contribution is -2.44. The van der Waals surface area contributed by atoms with Crippen LogP contribution in [0.5, 0.6) is 0 Å². The highest BCUT2D eigenvalue weighted by molar-refractivity contribution is 6.04. The van der Waals surface area contributed by atoms with Gasteiger partial charge in [0.25, 0.3) is 0 Å². The van der Waals surface area contributed by atoms with Crippen LogP contribution in [-0.2, 0) is 5.41 Å². The van der Waals surface area contributed by atoms with Crippen LogP contribution >= 0.6 is 0 Å². The first-order valence-electron chi connectivity index (χ1n) is 19.3. The highest BCUT2D eigenvalue weighted by Crippen LogP contribution is 2.62. The zero-order chi connectivity index (χ0) is 35.8. The summed E-state index contributed by atoms with van der Waals surface area (Å²) in [5, 5.41) is 2.51. The molecule has 1 spiro atoms. The molecule has 258 valence electrons. The van der Waals surface area contributed by atoms with Crippen molar-refractivity contribution >= 4 is 22.1 Å². The molecule has 4 aliphatic rings. The zero-order valence-corrected chi connectivity index (χ0v) is 30.4. The molecule has 0 radical (unpaired) electrons. The summed E-state index contributed by atoms with van der Waals surface area (Å²) in [6.07, 6.45) is 9.04. The summed E-state index contributed by atoms with van der Waals surface area (Å²) in [5.74, 6) is 0.370. The van der Waals surface area contributed by atoms with Gasteiger partial charge in [0.1, 0.15) is 6.17 Å². The lowest BCUT2D eigenvalue weighted by Gasteiger charge is -2.42. The van der Waals surface area contributed by atoms with Gasteiger partial charge >= 0.3 is 0 Å². The maximum Gasteiger partial charge on any atom is 0.128 e. The highest BCUT2D eigenvalue weighted by Gasteiger charge is 2.51. The predicted octanol–water partition coefficient (Wildman–Crippen LogP) is 12.0. The number of hydrogen-bond acceptors (Lipinski definition) is 2. The van der Waals surface area contributed by atoms with Crippen LogP contribution in [0.3, 0.4) is 0 Å². The number of fused-ring (bicyclic) bond motifs is 11. The van der Waals surface area contributed by atoms with Gasteiger partial charge in [0.05, 0.1) is 5.41 Å². The average molecular weight is 693 g/mol. The van der Waals surface area contributed by atoms with Gasteiger partial charge in [-0.05, 0) is 109 Å². The van der Waals surface area contributed by atoms with Crippen LogP contribution in [0.2, 0.25) is 0 Å². The molecule has 1 aliphatic heterocycles. The van der Waals surface area contributed by atoms with Gasteiger partial charge in [-0.3, -0.25) is 9.89 Å². The molecule has 2 nitrogen and oxygen atoms in total. The van der Waals surface area contributed by atoms with Crippen molar-refractivity contribution in [1.82, 2.24) is 4.90 Å². The Kier molecular flexibility index (Phi) is 7.12. The third kappa shape index (κ3) is 4.60. The number of nitrogens with zero attached hydrogens (tertiary/aromatic N) is 2. The maximum absolute atomic E-state index is 5.70. The molecule has 0 bridgehead atoms. The maximum atomic E-state index is 5.70. The zero-order valence-electron chi connectivity index (χ0n) is 30.4. The molecule has 0 fully saturated rings. The Labute approximate surface area is 317 Å². The third-order valence-corrected chi connectivity index (χ3v) is 12.7. The Morgan fingerprint density at radius 2 is 1.17 bits per heavy atom. The largest absolute Gasteiger partial charge is 0.277 e. The molecule has 0 saturated heterocycles. The van der Waals surface area contributed by atoms with E-state index in [-0.39, 0.29) is 17.6 Å². The van der Waals surface area contributed by atoms with Crippen LogP contribution in [0.25, 0.3) is 38.6 Å². The molecule has 3 atom stereocenters. The smallest absolute Gasteiger partial charge is 0.128 e. The standard InChI is InChI=1S/C52H40N2/c1-54-50(37-26-23-36(24-27-37)34-13-3-2-4-14-34)33-49(53-51(54)40-28-25-35-15-5-6-16-38(35)31-40)39-29-30-44-43-19-9-12-22-47(43)52(48(44)32-39)45-20-10-7-17-41(45)42-18-8-11-21-46(42)52/h2-26,28-32,37,50-51H,27,33H2,1H3. The average Bonchev–Trinajstić information content (AvgIpc) is 3.71. The monoisotopic (exact) mass is 692 g/mol. The van der Waals surface area contributed by atoms with Crippen molar-refractivity contribution < 1.29 is 0 Å². The van der Waals surface area contributed by atoms with Crippen LogP contribution in [0.4, 0.5) is 0 Å². The molecular formula is C52H40N2. The van der Waals surface area contributed by atoms with Crippen molar-refractivity contribution in [2.45, 2.75) is 30.5 Å². The van der Waals surface area contributed by atoms with Gasteiger partial charge in [-0.15, -0.1) is 0 Å². The predicted molar refractivity (Wildman–Crippen MR) is 224 cm³/mol. The van der Waals surface area contributed by atoms with Crippen LogP contribution in [0, 0.1) is 5.92 Å². The van der Waals surface area contributed by atoms with E-state index < -0.39 is 0 Å². The van der Waals surface area contributed by atoms with E-state index in [1.54, 1.807) is 0 Å². The summed E-state index contributed by atoms with van der Waals surface area (Å²) in [5.41, 5.74) is 16.7. The fraction of sp³-hybridized carbons (Fsp3) is 0.135. The fourth-order valence-corrected chi connectivity index (χ4v) is 10.2. The summed E-state index contributed by atoms with van der Waals surface area (Å²) in [6, 6.07) is 61.1. The minimum absolute atomic E-state index is 0.0939. The van der Waals surface area contributed by atoms with Crippen molar-refractivity contribution in [3.63, 3.8) is 0 Å². The fourth-order valence-electron chi connectivity index (χ4n) is 10.2. The molecule has 1 heterocycles. The molecule has 0 N–H and O–H groups in total. The third-order valence-electron chi connectivity index (χ3n) is 12.7.